The molecule has 27 heavy (non-hydrogen) atoms. The van der Waals surface area contributed by atoms with Crippen LogP contribution in [0.15, 0.2) is 42.5 Å². The average Bonchev–Trinajstić information content (AvgIpc) is 3.15. The summed E-state index contributed by atoms with van der Waals surface area (Å²) in [6, 6.07) is 14.0. The Morgan fingerprint density at radius 2 is 1.67 bits per heavy atom. The number of benzene rings is 2. The van der Waals surface area contributed by atoms with Crippen LogP contribution in [0.25, 0.3) is 0 Å². The normalized spacial score (nSPS) is 15.7. The zero-order valence-corrected chi connectivity index (χ0v) is 17.4. The summed E-state index contributed by atoms with van der Waals surface area (Å²) < 4.78 is 14.3. The van der Waals surface area contributed by atoms with Crippen LogP contribution >= 0.6 is 12.4 Å². The van der Waals surface area contributed by atoms with Gasteiger partial charge in [0.05, 0.1) is 7.11 Å². The number of hydrogen-bond donors (Lipinski definition) is 0. The van der Waals surface area contributed by atoms with E-state index in [-0.39, 0.29) is 24.1 Å². The molecule has 2 nitrogen and oxygen atoms in total. The second-order valence-electron chi connectivity index (χ2n) is 7.52. The van der Waals surface area contributed by atoms with Crippen molar-refractivity contribution in [3.8, 4) is 0 Å². The van der Waals surface area contributed by atoms with E-state index in [9.17, 15) is 4.39 Å². The van der Waals surface area contributed by atoms with Crippen molar-refractivity contribution in [1.29, 1.82) is 0 Å². The van der Waals surface area contributed by atoms with Gasteiger partial charge in [-0.05, 0) is 61.4 Å². The van der Waals surface area contributed by atoms with Crippen LogP contribution in [0.2, 0.25) is 0 Å². The van der Waals surface area contributed by atoms with Crippen molar-refractivity contribution in [2.24, 2.45) is 0 Å². The van der Waals surface area contributed by atoms with Crippen LogP contribution in [-0.4, -0.2) is 24.8 Å². The van der Waals surface area contributed by atoms with E-state index in [4.69, 9.17) is 4.84 Å². The lowest BCUT2D eigenvalue weighted by Crippen LogP contribution is -2.36. The second kappa shape index (κ2) is 10.2. The highest BCUT2D eigenvalue weighted by Gasteiger charge is 2.27. The number of rotatable bonds is 7. The molecule has 0 bridgehead atoms. The summed E-state index contributed by atoms with van der Waals surface area (Å²) in [5, 5.41) is 2.14. The van der Waals surface area contributed by atoms with Crippen LogP contribution in [0.1, 0.15) is 53.9 Å². The van der Waals surface area contributed by atoms with Crippen molar-refractivity contribution in [3.63, 3.8) is 0 Å². The molecule has 2 aromatic carbocycles. The summed E-state index contributed by atoms with van der Waals surface area (Å²) >= 11 is 0. The third-order valence-electron chi connectivity index (χ3n) is 5.74. The van der Waals surface area contributed by atoms with Gasteiger partial charge in [0.15, 0.2) is 0 Å². The zero-order valence-electron chi connectivity index (χ0n) is 16.6. The van der Waals surface area contributed by atoms with Crippen LogP contribution in [0, 0.1) is 19.7 Å². The SMILES string of the molecule is CON(CC(Cc1ccccc1F)c1c(C)cccc1C)C1CCCC1.Cl. The molecule has 1 atom stereocenters. The van der Waals surface area contributed by atoms with E-state index >= 15 is 0 Å². The highest BCUT2D eigenvalue weighted by atomic mass is 35.5. The van der Waals surface area contributed by atoms with Crippen molar-refractivity contribution < 1.29 is 9.23 Å². The Bertz CT molecular complexity index is 710. The molecular weight excluding hydrogens is 361 g/mol. The molecule has 0 aromatic heterocycles. The maximum absolute atomic E-state index is 14.3. The lowest BCUT2D eigenvalue weighted by molar-refractivity contribution is -0.163. The first-order valence-electron chi connectivity index (χ1n) is 9.70. The summed E-state index contributed by atoms with van der Waals surface area (Å²) in [6.45, 7) is 5.11. The highest BCUT2D eigenvalue weighted by molar-refractivity contribution is 5.85. The van der Waals surface area contributed by atoms with Crippen LogP contribution < -0.4 is 0 Å². The zero-order chi connectivity index (χ0) is 18.5. The Morgan fingerprint density at radius 3 is 2.26 bits per heavy atom. The molecule has 3 rings (SSSR count). The predicted molar refractivity (Wildman–Crippen MR) is 112 cm³/mol. The minimum atomic E-state index is -0.117. The first-order chi connectivity index (χ1) is 12.6. The summed E-state index contributed by atoms with van der Waals surface area (Å²) in [4.78, 5) is 5.77. The van der Waals surface area contributed by atoms with Gasteiger partial charge in [0.2, 0.25) is 0 Å². The molecule has 0 aliphatic heterocycles. The van der Waals surface area contributed by atoms with E-state index in [0.29, 0.717) is 12.5 Å². The molecule has 0 N–H and O–H groups in total. The van der Waals surface area contributed by atoms with Crippen molar-refractivity contribution in [1.82, 2.24) is 5.06 Å². The predicted octanol–water partition coefficient (Wildman–Crippen LogP) is 6.00. The lowest BCUT2D eigenvalue weighted by Gasteiger charge is -2.32. The van der Waals surface area contributed by atoms with Crippen LogP contribution in [0.3, 0.4) is 0 Å². The Balaban J connectivity index is 0.00000261. The van der Waals surface area contributed by atoms with Crippen LogP contribution in [0.5, 0.6) is 0 Å². The minimum absolute atomic E-state index is 0. The quantitative estimate of drug-likeness (QED) is 0.537. The number of aryl methyl sites for hydroxylation is 2. The molecule has 1 saturated carbocycles. The number of hydrogen-bond acceptors (Lipinski definition) is 2. The number of halogens is 2. The van der Waals surface area contributed by atoms with Crippen LogP contribution in [-0.2, 0) is 11.3 Å². The lowest BCUT2D eigenvalue weighted by atomic mass is 9.85. The van der Waals surface area contributed by atoms with Crippen molar-refractivity contribution >= 4 is 12.4 Å². The topological polar surface area (TPSA) is 12.5 Å². The van der Waals surface area contributed by atoms with Gasteiger partial charge in [-0.25, -0.2) is 4.39 Å². The fourth-order valence-corrected chi connectivity index (χ4v) is 4.44. The number of hydroxylamine groups is 2. The van der Waals surface area contributed by atoms with Gasteiger partial charge in [0.25, 0.3) is 0 Å². The van der Waals surface area contributed by atoms with Gasteiger partial charge >= 0.3 is 0 Å². The molecule has 0 spiro atoms. The Kier molecular flexibility index (Phi) is 8.28. The molecule has 0 saturated heterocycles. The first kappa shape index (κ1) is 21.9. The van der Waals surface area contributed by atoms with E-state index < -0.39 is 0 Å². The van der Waals surface area contributed by atoms with Gasteiger partial charge in [-0.1, -0.05) is 49.2 Å². The molecule has 1 aliphatic rings. The van der Waals surface area contributed by atoms with Gasteiger partial charge in [0, 0.05) is 18.5 Å². The first-order valence-corrected chi connectivity index (χ1v) is 9.70. The number of nitrogens with zero attached hydrogens (tertiary/aromatic N) is 1. The molecule has 1 fully saturated rings. The highest BCUT2D eigenvalue weighted by Crippen LogP contribution is 2.32. The average molecular weight is 392 g/mol. The fourth-order valence-electron chi connectivity index (χ4n) is 4.44. The molecule has 1 unspecified atom stereocenters. The second-order valence-corrected chi connectivity index (χ2v) is 7.52. The minimum Gasteiger partial charge on any atom is -0.302 e. The molecule has 2 aromatic rings. The van der Waals surface area contributed by atoms with Crippen LogP contribution in [0.4, 0.5) is 4.39 Å². The van der Waals surface area contributed by atoms with Crippen molar-refractivity contribution in [3.05, 3.63) is 70.5 Å². The molecule has 0 radical (unpaired) electrons. The largest absolute Gasteiger partial charge is 0.302 e. The van der Waals surface area contributed by atoms with Gasteiger partial charge in [-0.3, -0.25) is 0 Å². The van der Waals surface area contributed by atoms with E-state index in [1.165, 1.54) is 42.4 Å². The van der Waals surface area contributed by atoms with E-state index in [0.717, 1.165) is 12.1 Å². The molecular formula is C23H31ClFNO. The third-order valence-corrected chi connectivity index (χ3v) is 5.74. The Morgan fingerprint density at radius 1 is 1.04 bits per heavy atom. The monoisotopic (exact) mass is 391 g/mol. The van der Waals surface area contributed by atoms with Crippen molar-refractivity contribution in [2.45, 2.75) is 57.9 Å². The molecule has 0 amide bonds. The molecule has 148 valence electrons. The van der Waals surface area contributed by atoms with Crippen molar-refractivity contribution in [2.75, 3.05) is 13.7 Å². The standard InChI is InChI=1S/C23H30FNO.ClH/c1-17-9-8-10-18(2)23(17)20(15-19-11-4-7-14-22(19)24)16-25(26-3)21-12-5-6-13-21;/h4,7-11,14,20-21H,5-6,12-13,15-16H2,1-3H3;1H. The van der Waals surface area contributed by atoms with E-state index in [1.807, 2.05) is 12.1 Å². The Labute approximate surface area is 169 Å². The van der Waals surface area contributed by atoms with Gasteiger partial charge in [0.1, 0.15) is 5.82 Å². The van der Waals surface area contributed by atoms with E-state index in [2.05, 4.69) is 37.1 Å². The Hall–Kier alpha value is -1.42. The summed E-state index contributed by atoms with van der Waals surface area (Å²) in [7, 11) is 1.77. The maximum atomic E-state index is 14.3. The maximum Gasteiger partial charge on any atom is 0.126 e. The van der Waals surface area contributed by atoms with E-state index in [1.54, 1.807) is 19.2 Å². The summed E-state index contributed by atoms with van der Waals surface area (Å²) in [5.74, 6) is 0.0854. The molecule has 4 heteroatoms. The van der Waals surface area contributed by atoms with Gasteiger partial charge in [-0.15, -0.1) is 12.4 Å². The fraction of sp³-hybridized carbons (Fsp3) is 0.478. The van der Waals surface area contributed by atoms with Gasteiger partial charge < -0.3 is 4.84 Å². The molecule has 0 heterocycles. The smallest absolute Gasteiger partial charge is 0.126 e. The molecule has 1 aliphatic carbocycles. The third kappa shape index (κ3) is 5.31. The van der Waals surface area contributed by atoms with Gasteiger partial charge in [-0.2, -0.15) is 5.06 Å². The summed E-state index contributed by atoms with van der Waals surface area (Å²) in [6.07, 6.45) is 5.60. The summed E-state index contributed by atoms with van der Waals surface area (Å²) in [5.41, 5.74) is 4.65.